The number of ketones is 1. The van der Waals surface area contributed by atoms with Crippen LogP contribution < -0.4 is 5.32 Å². The van der Waals surface area contributed by atoms with E-state index in [2.05, 4.69) is 5.32 Å². The van der Waals surface area contributed by atoms with E-state index < -0.39 is 0 Å². The first-order valence-electron chi connectivity index (χ1n) is 5.57. The van der Waals surface area contributed by atoms with Gasteiger partial charge in [-0.1, -0.05) is 13.8 Å². The zero-order valence-corrected chi connectivity index (χ0v) is 9.75. The SMILES string of the molecule is CNCC1CCCN1C(=O)C(=O)C(C)C. The van der Waals surface area contributed by atoms with Gasteiger partial charge in [0.2, 0.25) is 5.78 Å². The van der Waals surface area contributed by atoms with Crippen LogP contribution in [0.25, 0.3) is 0 Å². The predicted octanol–water partition coefficient (Wildman–Crippen LogP) is 0.422. The molecule has 0 aromatic carbocycles. The Bertz CT molecular complexity index is 251. The second-order valence-electron chi connectivity index (χ2n) is 4.37. The van der Waals surface area contributed by atoms with Crippen LogP contribution in [0, 0.1) is 5.92 Å². The van der Waals surface area contributed by atoms with Crippen molar-refractivity contribution >= 4 is 11.7 Å². The molecule has 1 heterocycles. The molecule has 86 valence electrons. The number of likely N-dealkylation sites (tertiary alicyclic amines) is 1. The summed E-state index contributed by atoms with van der Waals surface area (Å²) in [5.74, 6) is -0.769. The second-order valence-corrected chi connectivity index (χ2v) is 4.37. The number of nitrogens with one attached hydrogen (secondary N) is 1. The van der Waals surface area contributed by atoms with Crippen molar-refractivity contribution in [1.29, 1.82) is 0 Å². The first kappa shape index (κ1) is 12.2. The molecule has 0 aliphatic carbocycles. The highest BCUT2D eigenvalue weighted by molar-refractivity contribution is 6.36. The Morgan fingerprint density at radius 3 is 2.67 bits per heavy atom. The van der Waals surface area contributed by atoms with Gasteiger partial charge in [-0.25, -0.2) is 0 Å². The van der Waals surface area contributed by atoms with Crippen LogP contribution in [0.4, 0.5) is 0 Å². The van der Waals surface area contributed by atoms with Crippen LogP contribution in [0.1, 0.15) is 26.7 Å². The fourth-order valence-corrected chi connectivity index (χ4v) is 1.94. The molecule has 4 nitrogen and oxygen atoms in total. The van der Waals surface area contributed by atoms with E-state index in [0.717, 1.165) is 25.9 Å². The first-order chi connectivity index (χ1) is 7.07. The van der Waals surface area contributed by atoms with Crippen molar-refractivity contribution < 1.29 is 9.59 Å². The standard InChI is InChI=1S/C11H20N2O2/c1-8(2)10(14)11(15)13-6-4-5-9(13)7-12-3/h8-9,12H,4-7H2,1-3H3. The van der Waals surface area contributed by atoms with Crippen molar-refractivity contribution in [2.45, 2.75) is 32.7 Å². The fraction of sp³-hybridized carbons (Fsp3) is 0.818. The van der Waals surface area contributed by atoms with Crippen molar-refractivity contribution in [3.63, 3.8) is 0 Å². The van der Waals surface area contributed by atoms with E-state index in [0.29, 0.717) is 0 Å². The molecule has 15 heavy (non-hydrogen) atoms. The summed E-state index contributed by atoms with van der Waals surface area (Å²) >= 11 is 0. The van der Waals surface area contributed by atoms with E-state index in [1.165, 1.54) is 0 Å². The lowest BCUT2D eigenvalue weighted by Gasteiger charge is -2.24. The minimum atomic E-state index is -0.303. The van der Waals surface area contributed by atoms with Gasteiger partial charge in [0.05, 0.1) is 0 Å². The lowest BCUT2D eigenvalue weighted by Crippen LogP contribution is -2.45. The maximum Gasteiger partial charge on any atom is 0.290 e. The maximum absolute atomic E-state index is 11.8. The number of carbonyl (C=O) groups excluding carboxylic acids is 2. The Kier molecular flexibility index (Phi) is 4.27. The molecule has 1 atom stereocenters. The minimum absolute atomic E-state index is 0.199. The number of rotatable bonds is 4. The van der Waals surface area contributed by atoms with Gasteiger partial charge in [-0.3, -0.25) is 9.59 Å². The van der Waals surface area contributed by atoms with E-state index in [9.17, 15) is 9.59 Å². The summed E-state index contributed by atoms with van der Waals surface area (Å²) in [6.07, 6.45) is 2.00. The normalized spacial score (nSPS) is 21.1. The molecule has 0 aromatic heterocycles. The summed E-state index contributed by atoms with van der Waals surface area (Å²) < 4.78 is 0. The average molecular weight is 212 g/mol. The molecule has 1 amide bonds. The van der Waals surface area contributed by atoms with Gasteiger partial charge in [0, 0.05) is 25.0 Å². The van der Waals surface area contributed by atoms with Gasteiger partial charge < -0.3 is 10.2 Å². The first-order valence-corrected chi connectivity index (χ1v) is 5.57. The van der Waals surface area contributed by atoms with Gasteiger partial charge in [0.1, 0.15) is 0 Å². The number of hydrogen-bond donors (Lipinski definition) is 1. The zero-order chi connectivity index (χ0) is 11.4. The van der Waals surface area contributed by atoms with E-state index in [4.69, 9.17) is 0 Å². The predicted molar refractivity (Wildman–Crippen MR) is 58.5 cm³/mol. The summed E-state index contributed by atoms with van der Waals surface area (Å²) in [7, 11) is 1.87. The van der Waals surface area contributed by atoms with Crippen molar-refractivity contribution in [1.82, 2.24) is 10.2 Å². The molecule has 0 spiro atoms. The third-order valence-electron chi connectivity index (χ3n) is 2.81. The number of nitrogens with zero attached hydrogens (tertiary/aromatic N) is 1. The molecular weight excluding hydrogens is 192 g/mol. The molecule has 0 radical (unpaired) electrons. The quantitative estimate of drug-likeness (QED) is 0.687. The molecule has 1 saturated heterocycles. The van der Waals surface area contributed by atoms with Crippen LogP contribution in [-0.4, -0.2) is 42.8 Å². The van der Waals surface area contributed by atoms with Crippen LogP contribution in [0.5, 0.6) is 0 Å². The summed E-state index contributed by atoms with van der Waals surface area (Å²) in [6.45, 7) is 5.04. The van der Waals surface area contributed by atoms with Gasteiger partial charge in [-0.2, -0.15) is 0 Å². The third-order valence-corrected chi connectivity index (χ3v) is 2.81. The van der Waals surface area contributed by atoms with Crippen LogP contribution in [0.15, 0.2) is 0 Å². The summed E-state index contributed by atoms with van der Waals surface area (Å²) in [5.41, 5.74) is 0. The van der Waals surface area contributed by atoms with E-state index >= 15 is 0 Å². The molecule has 4 heteroatoms. The minimum Gasteiger partial charge on any atom is -0.332 e. The number of likely N-dealkylation sites (N-methyl/N-ethyl adjacent to an activating group) is 1. The number of carbonyl (C=O) groups is 2. The molecule has 1 aliphatic heterocycles. The van der Waals surface area contributed by atoms with Crippen molar-refractivity contribution in [2.75, 3.05) is 20.1 Å². The Labute approximate surface area is 91.0 Å². The zero-order valence-electron chi connectivity index (χ0n) is 9.75. The van der Waals surface area contributed by atoms with Gasteiger partial charge in [0.25, 0.3) is 5.91 Å². The van der Waals surface area contributed by atoms with Gasteiger partial charge in [0.15, 0.2) is 0 Å². The topological polar surface area (TPSA) is 49.4 Å². The highest BCUT2D eigenvalue weighted by Crippen LogP contribution is 2.17. The van der Waals surface area contributed by atoms with Gasteiger partial charge in [-0.05, 0) is 19.9 Å². The average Bonchev–Trinajstić information content (AvgIpc) is 2.64. The lowest BCUT2D eigenvalue weighted by atomic mass is 10.1. The second kappa shape index (κ2) is 5.26. The van der Waals surface area contributed by atoms with Crippen LogP contribution >= 0.6 is 0 Å². The molecular formula is C11H20N2O2. The number of hydrogen-bond acceptors (Lipinski definition) is 3. The van der Waals surface area contributed by atoms with E-state index in [1.54, 1.807) is 18.7 Å². The number of Topliss-reactive ketones (excluding diaryl/α,β-unsaturated/α-hetero) is 1. The van der Waals surface area contributed by atoms with E-state index in [-0.39, 0.29) is 23.7 Å². The molecule has 1 rings (SSSR count). The third kappa shape index (κ3) is 2.78. The molecule has 0 aromatic rings. The Balaban J connectivity index is 2.62. The molecule has 1 unspecified atom stereocenters. The maximum atomic E-state index is 11.8. The fourth-order valence-electron chi connectivity index (χ4n) is 1.94. The summed E-state index contributed by atoms with van der Waals surface area (Å²) in [4.78, 5) is 25.1. The molecule has 0 saturated carbocycles. The van der Waals surface area contributed by atoms with Crippen molar-refractivity contribution in [3.05, 3.63) is 0 Å². The molecule has 1 fully saturated rings. The largest absolute Gasteiger partial charge is 0.332 e. The monoisotopic (exact) mass is 212 g/mol. The Hall–Kier alpha value is -0.900. The van der Waals surface area contributed by atoms with Crippen LogP contribution in [0.2, 0.25) is 0 Å². The Morgan fingerprint density at radius 2 is 2.13 bits per heavy atom. The van der Waals surface area contributed by atoms with Gasteiger partial charge in [-0.15, -0.1) is 0 Å². The highest BCUT2D eigenvalue weighted by atomic mass is 16.2. The Morgan fingerprint density at radius 1 is 1.47 bits per heavy atom. The molecule has 1 aliphatic rings. The summed E-state index contributed by atoms with van der Waals surface area (Å²) in [6, 6.07) is 0.199. The van der Waals surface area contributed by atoms with Crippen LogP contribution in [-0.2, 0) is 9.59 Å². The summed E-state index contributed by atoms with van der Waals surface area (Å²) in [5, 5.41) is 3.06. The van der Waals surface area contributed by atoms with Crippen molar-refractivity contribution in [2.24, 2.45) is 5.92 Å². The molecule has 1 N–H and O–H groups in total. The van der Waals surface area contributed by atoms with Crippen molar-refractivity contribution in [3.8, 4) is 0 Å². The van der Waals surface area contributed by atoms with Crippen LogP contribution in [0.3, 0.4) is 0 Å². The number of amides is 1. The smallest absolute Gasteiger partial charge is 0.290 e. The molecule has 0 bridgehead atoms. The highest BCUT2D eigenvalue weighted by Gasteiger charge is 2.32. The lowest BCUT2D eigenvalue weighted by molar-refractivity contribution is -0.146. The van der Waals surface area contributed by atoms with E-state index in [1.807, 2.05) is 7.05 Å². The van der Waals surface area contributed by atoms with Gasteiger partial charge >= 0.3 is 0 Å².